The van der Waals surface area contributed by atoms with Gasteiger partial charge in [0.2, 0.25) is 0 Å². The highest BCUT2D eigenvalue weighted by atomic mass is 14.3. The van der Waals surface area contributed by atoms with Crippen molar-refractivity contribution in [2.45, 2.75) is 44.4 Å². The average Bonchev–Trinajstić information content (AvgIpc) is 2.74. The predicted octanol–water partition coefficient (Wildman–Crippen LogP) is 4.77. The van der Waals surface area contributed by atoms with Gasteiger partial charge in [-0.1, -0.05) is 68.5 Å². The molecule has 2 aliphatic carbocycles. The summed E-state index contributed by atoms with van der Waals surface area (Å²) in [6.07, 6.45) is 13.4. The van der Waals surface area contributed by atoms with Crippen molar-refractivity contribution in [2.24, 2.45) is 5.92 Å². The lowest BCUT2D eigenvalue weighted by atomic mass is 9.81. The number of fused-ring (bicyclic) bond motifs is 1. The predicted molar refractivity (Wildman–Crippen MR) is 69.4 cm³/mol. The minimum atomic E-state index is 0.708. The summed E-state index contributed by atoms with van der Waals surface area (Å²) in [5, 5.41) is 0. The van der Waals surface area contributed by atoms with Crippen LogP contribution in [0, 0.1) is 5.92 Å². The average molecular weight is 212 g/mol. The zero-order valence-electron chi connectivity index (χ0n) is 9.86. The van der Waals surface area contributed by atoms with Crippen LogP contribution in [0.25, 0.3) is 6.08 Å². The van der Waals surface area contributed by atoms with E-state index >= 15 is 0 Å². The summed E-state index contributed by atoms with van der Waals surface area (Å²) in [7, 11) is 0. The quantitative estimate of drug-likeness (QED) is 0.662. The van der Waals surface area contributed by atoms with Gasteiger partial charge in [0.1, 0.15) is 0 Å². The van der Waals surface area contributed by atoms with E-state index < -0.39 is 0 Å². The zero-order chi connectivity index (χ0) is 10.8. The van der Waals surface area contributed by atoms with Crippen LogP contribution >= 0.6 is 0 Å². The van der Waals surface area contributed by atoms with Gasteiger partial charge < -0.3 is 0 Å². The van der Waals surface area contributed by atoms with Gasteiger partial charge in [-0.05, 0) is 23.5 Å². The van der Waals surface area contributed by atoms with Crippen LogP contribution in [-0.4, -0.2) is 0 Å². The number of hydrogen-bond acceptors (Lipinski definition) is 0. The molecule has 3 rings (SSSR count). The van der Waals surface area contributed by atoms with Gasteiger partial charge in [-0.3, -0.25) is 0 Å². The molecule has 0 radical (unpaired) electrons. The van der Waals surface area contributed by atoms with Crippen LogP contribution in [0.15, 0.2) is 30.3 Å². The Kier molecular flexibility index (Phi) is 2.82. The maximum absolute atomic E-state index is 2.42. The molecule has 0 N–H and O–H groups in total. The molecular weight excluding hydrogens is 192 g/mol. The lowest BCUT2D eigenvalue weighted by molar-refractivity contribution is 0.330. The fraction of sp³-hybridized carbons (Fsp3) is 0.500. The first-order valence-corrected chi connectivity index (χ1v) is 6.70. The summed E-state index contributed by atoms with van der Waals surface area (Å²) >= 11 is 0. The molecule has 1 saturated carbocycles. The minimum Gasteiger partial charge on any atom is -0.0764 e. The number of allylic oxidation sites excluding steroid dienone is 1. The fourth-order valence-electron chi connectivity index (χ4n) is 3.31. The Hall–Kier alpha value is -1.04. The van der Waals surface area contributed by atoms with Crippen molar-refractivity contribution in [3.63, 3.8) is 0 Å². The third kappa shape index (κ3) is 1.93. The fourth-order valence-corrected chi connectivity index (χ4v) is 3.31. The highest BCUT2D eigenvalue weighted by Crippen LogP contribution is 2.38. The molecule has 2 aliphatic rings. The Morgan fingerprint density at radius 3 is 2.69 bits per heavy atom. The molecule has 0 spiro atoms. The van der Waals surface area contributed by atoms with Gasteiger partial charge in [0.15, 0.2) is 0 Å². The van der Waals surface area contributed by atoms with Crippen LogP contribution in [-0.2, 0) is 0 Å². The van der Waals surface area contributed by atoms with Crippen LogP contribution in [0.1, 0.15) is 55.6 Å². The lowest BCUT2D eigenvalue weighted by Crippen LogP contribution is -2.09. The topological polar surface area (TPSA) is 0 Å². The van der Waals surface area contributed by atoms with Crippen molar-refractivity contribution in [3.8, 4) is 0 Å². The van der Waals surface area contributed by atoms with Gasteiger partial charge in [0.25, 0.3) is 0 Å². The molecule has 0 nitrogen and oxygen atoms in total. The summed E-state index contributed by atoms with van der Waals surface area (Å²) < 4.78 is 0. The van der Waals surface area contributed by atoms with Gasteiger partial charge in [-0.2, -0.15) is 0 Å². The Morgan fingerprint density at radius 2 is 1.81 bits per heavy atom. The largest absolute Gasteiger partial charge is 0.0764 e. The molecule has 1 unspecified atom stereocenters. The molecule has 1 aromatic carbocycles. The maximum Gasteiger partial charge on any atom is 0.00298 e. The molecule has 0 bridgehead atoms. The van der Waals surface area contributed by atoms with Crippen molar-refractivity contribution in [3.05, 3.63) is 41.5 Å². The van der Waals surface area contributed by atoms with Crippen molar-refractivity contribution < 1.29 is 0 Å². The smallest absolute Gasteiger partial charge is 0.00298 e. The highest BCUT2D eigenvalue weighted by Gasteiger charge is 2.22. The second kappa shape index (κ2) is 4.45. The number of hydrogen-bond donors (Lipinski definition) is 0. The Balaban J connectivity index is 1.70. The third-order valence-corrected chi connectivity index (χ3v) is 4.22. The number of rotatable bonds is 2. The molecule has 0 aromatic heterocycles. The lowest BCUT2D eigenvalue weighted by Gasteiger charge is -2.24. The minimum absolute atomic E-state index is 0.708. The molecule has 16 heavy (non-hydrogen) atoms. The van der Waals surface area contributed by atoms with Crippen molar-refractivity contribution >= 4 is 6.08 Å². The van der Waals surface area contributed by atoms with Crippen LogP contribution < -0.4 is 0 Å². The van der Waals surface area contributed by atoms with Crippen LogP contribution in [0.4, 0.5) is 0 Å². The number of benzene rings is 1. The Morgan fingerprint density at radius 1 is 1.00 bits per heavy atom. The Labute approximate surface area is 98.4 Å². The van der Waals surface area contributed by atoms with E-state index in [0.29, 0.717) is 5.92 Å². The molecule has 0 amide bonds. The van der Waals surface area contributed by atoms with E-state index in [0.717, 1.165) is 5.92 Å². The van der Waals surface area contributed by atoms with Gasteiger partial charge >= 0.3 is 0 Å². The maximum atomic E-state index is 2.42. The molecule has 84 valence electrons. The van der Waals surface area contributed by atoms with Crippen LogP contribution in [0.2, 0.25) is 0 Å². The first kappa shape index (κ1) is 10.1. The molecule has 0 aliphatic heterocycles. The van der Waals surface area contributed by atoms with Gasteiger partial charge in [0, 0.05) is 5.92 Å². The summed E-state index contributed by atoms with van der Waals surface area (Å²) in [6.45, 7) is 0. The van der Waals surface area contributed by atoms with E-state index in [4.69, 9.17) is 0 Å². The second-order valence-corrected chi connectivity index (χ2v) is 5.33. The first-order chi connectivity index (χ1) is 7.93. The van der Waals surface area contributed by atoms with Gasteiger partial charge in [-0.15, -0.1) is 0 Å². The highest BCUT2D eigenvalue weighted by molar-refractivity contribution is 5.62. The Bertz CT molecular complexity index is 383. The zero-order valence-corrected chi connectivity index (χ0v) is 9.86. The van der Waals surface area contributed by atoms with E-state index in [2.05, 4.69) is 36.4 Å². The second-order valence-electron chi connectivity index (χ2n) is 5.33. The van der Waals surface area contributed by atoms with E-state index in [1.165, 1.54) is 44.1 Å². The van der Waals surface area contributed by atoms with Crippen molar-refractivity contribution in [1.29, 1.82) is 0 Å². The summed E-state index contributed by atoms with van der Waals surface area (Å²) in [4.78, 5) is 0. The summed E-state index contributed by atoms with van der Waals surface area (Å²) in [5.41, 5.74) is 3.01. The van der Waals surface area contributed by atoms with Gasteiger partial charge in [-0.25, -0.2) is 0 Å². The van der Waals surface area contributed by atoms with Crippen molar-refractivity contribution in [1.82, 2.24) is 0 Å². The van der Waals surface area contributed by atoms with Crippen LogP contribution in [0.3, 0.4) is 0 Å². The third-order valence-electron chi connectivity index (χ3n) is 4.22. The molecule has 1 fully saturated rings. The molecule has 0 heteroatoms. The molecule has 0 heterocycles. The molecule has 1 atom stereocenters. The van der Waals surface area contributed by atoms with Crippen molar-refractivity contribution in [2.75, 3.05) is 0 Å². The molecule has 0 saturated heterocycles. The van der Waals surface area contributed by atoms with Crippen LogP contribution in [0.5, 0.6) is 0 Å². The van der Waals surface area contributed by atoms with E-state index in [1.54, 1.807) is 5.56 Å². The van der Waals surface area contributed by atoms with E-state index in [9.17, 15) is 0 Å². The van der Waals surface area contributed by atoms with E-state index in [-0.39, 0.29) is 0 Å². The SMILES string of the molecule is C1=CC(CC2CCCCC2)c2ccccc21. The van der Waals surface area contributed by atoms with Gasteiger partial charge in [0.05, 0.1) is 0 Å². The first-order valence-electron chi connectivity index (χ1n) is 6.70. The summed E-state index contributed by atoms with van der Waals surface area (Å²) in [5.74, 6) is 1.69. The summed E-state index contributed by atoms with van der Waals surface area (Å²) in [6, 6.07) is 8.88. The molecular formula is C16H20. The monoisotopic (exact) mass is 212 g/mol. The standard InChI is InChI=1S/C16H20/c1-2-6-13(7-3-1)12-15-11-10-14-8-4-5-9-16(14)15/h4-5,8-11,13,15H,1-3,6-7,12H2. The van der Waals surface area contributed by atoms with E-state index in [1.807, 2.05) is 0 Å². The normalized spacial score (nSPS) is 24.6. The molecule has 1 aromatic rings.